The number of phenols is 1. The highest BCUT2D eigenvalue weighted by atomic mass is 35.5. The van der Waals surface area contributed by atoms with Crippen molar-refractivity contribution in [2.45, 2.75) is 6.04 Å². The van der Waals surface area contributed by atoms with Crippen molar-refractivity contribution in [3.63, 3.8) is 0 Å². The van der Waals surface area contributed by atoms with Crippen LogP contribution in [0, 0.1) is 0 Å². The van der Waals surface area contributed by atoms with Crippen molar-refractivity contribution in [2.75, 3.05) is 19.1 Å². The van der Waals surface area contributed by atoms with Gasteiger partial charge < -0.3 is 19.7 Å². The predicted octanol–water partition coefficient (Wildman–Crippen LogP) is 6.00. The van der Waals surface area contributed by atoms with Crippen LogP contribution in [-0.2, 0) is 9.59 Å². The molecule has 10 heteroatoms. The molecule has 0 aromatic heterocycles. The Kier molecular flexibility index (Phi) is 6.85. The van der Waals surface area contributed by atoms with E-state index in [0.29, 0.717) is 22.0 Å². The lowest BCUT2D eigenvalue weighted by Crippen LogP contribution is -2.29. The number of nitrogens with zero attached hydrogens (tertiary/aromatic N) is 1. The number of amides is 1. The van der Waals surface area contributed by atoms with Crippen LogP contribution in [0.2, 0.25) is 15.1 Å². The number of carbonyl (C=O) groups excluding carboxylic acids is 2. The molecule has 1 saturated heterocycles. The molecule has 1 fully saturated rings. The van der Waals surface area contributed by atoms with Crippen molar-refractivity contribution < 1.29 is 29.3 Å². The number of halogens is 3. The fourth-order valence-electron chi connectivity index (χ4n) is 3.92. The molecule has 4 rings (SSSR count). The van der Waals surface area contributed by atoms with Gasteiger partial charge in [0.1, 0.15) is 23.0 Å². The Hall–Kier alpha value is -3.39. The molecule has 180 valence electrons. The smallest absolute Gasteiger partial charge is 0.300 e. The first-order valence-corrected chi connectivity index (χ1v) is 11.3. The highest BCUT2D eigenvalue weighted by molar-refractivity contribution is 6.52. The summed E-state index contributed by atoms with van der Waals surface area (Å²) in [7, 11) is 2.80. The molecule has 1 atom stereocenters. The number of benzene rings is 3. The highest BCUT2D eigenvalue weighted by Gasteiger charge is 2.47. The molecule has 3 aromatic rings. The van der Waals surface area contributed by atoms with Crippen molar-refractivity contribution in [3.05, 3.63) is 86.4 Å². The number of aliphatic hydroxyl groups excluding tert-OH is 1. The van der Waals surface area contributed by atoms with Crippen molar-refractivity contribution in [3.8, 4) is 17.2 Å². The van der Waals surface area contributed by atoms with Gasteiger partial charge in [-0.1, -0.05) is 46.9 Å². The van der Waals surface area contributed by atoms with E-state index in [9.17, 15) is 19.8 Å². The largest absolute Gasteiger partial charge is 0.507 e. The normalized spacial score (nSPS) is 17.1. The quantitative estimate of drug-likeness (QED) is 0.237. The van der Waals surface area contributed by atoms with Gasteiger partial charge in [-0.15, -0.1) is 0 Å². The Morgan fingerprint density at radius 1 is 0.914 bits per heavy atom. The molecule has 35 heavy (non-hydrogen) atoms. The Bertz CT molecular complexity index is 1390. The number of anilines is 1. The topological polar surface area (TPSA) is 96.3 Å². The first-order valence-electron chi connectivity index (χ1n) is 10.1. The Balaban J connectivity index is 2.01. The number of hydrogen-bond donors (Lipinski definition) is 2. The second-order valence-electron chi connectivity index (χ2n) is 7.55. The third-order valence-electron chi connectivity index (χ3n) is 5.55. The molecule has 7 nitrogen and oxygen atoms in total. The zero-order chi connectivity index (χ0) is 25.4. The van der Waals surface area contributed by atoms with E-state index in [1.807, 2.05) is 0 Å². The summed E-state index contributed by atoms with van der Waals surface area (Å²) in [6.45, 7) is 0. The van der Waals surface area contributed by atoms with E-state index >= 15 is 0 Å². The van der Waals surface area contributed by atoms with Crippen LogP contribution < -0.4 is 14.4 Å². The molecule has 2 N–H and O–H groups in total. The van der Waals surface area contributed by atoms with Gasteiger partial charge in [0.25, 0.3) is 11.7 Å². The number of aromatic hydroxyl groups is 1. The lowest BCUT2D eigenvalue weighted by molar-refractivity contribution is -0.132. The fraction of sp³-hybridized carbons (Fsp3) is 0.120. The van der Waals surface area contributed by atoms with Gasteiger partial charge in [0.05, 0.1) is 41.4 Å². The number of phenolic OH excluding ortho intramolecular Hbond substituents is 1. The van der Waals surface area contributed by atoms with Gasteiger partial charge in [-0.2, -0.15) is 0 Å². The third kappa shape index (κ3) is 4.38. The minimum absolute atomic E-state index is 0.00394. The van der Waals surface area contributed by atoms with Crippen LogP contribution in [0.15, 0.2) is 60.2 Å². The summed E-state index contributed by atoms with van der Waals surface area (Å²) in [6.07, 6.45) is 0. The van der Waals surface area contributed by atoms with Crippen LogP contribution in [0.3, 0.4) is 0 Å². The zero-order valence-corrected chi connectivity index (χ0v) is 20.6. The standard InChI is InChI=1S/C25H18Cl3NO6/c1-34-19-11-20(35-2)17(28)10-15(19)23(31)21-22(12-6-7-18(30)16(27)8-12)29(25(33)24(21)32)14-5-3-4-13(26)9-14/h3-11,22,30-31H,1-2H3/b23-21+. The van der Waals surface area contributed by atoms with Crippen LogP contribution in [-0.4, -0.2) is 36.1 Å². The molecule has 0 radical (unpaired) electrons. The Labute approximate surface area is 215 Å². The Morgan fingerprint density at radius 2 is 1.63 bits per heavy atom. The minimum atomic E-state index is -1.10. The van der Waals surface area contributed by atoms with Gasteiger partial charge >= 0.3 is 0 Å². The van der Waals surface area contributed by atoms with E-state index in [4.69, 9.17) is 44.3 Å². The van der Waals surface area contributed by atoms with Crippen molar-refractivity contribution in [2.24, 2.45) is 0 Å². The molecule has 0 saturated carbocycles. The fourth-order valence-corrected chi connectivity index (χ4v) is 4.54. The number of carbonyl (C=O) groups is 2. The van der Waals surface area contributed by atoms with Gasteiger partial charge in [0.15, 0.2) is 0 Å². The maximum Gasteiger partial charge on any atom is 0.300 e. The maximum absolute atomic E-state index is 13.3. The van der Waals surface area contributed by atoms with Crippen molar-refractivity contribution >= 4 is 57.9 Å². The average molecular weight is 535 g/mol. The molecule has 1 aliphatic rings. The van der Waals surface area contributed by atoms with Crippen molar-refractivity contribution in [1.29, 1.82) is 0 Å². The maximum atomic E-state index is 13.3. The van der Waals surface area contributed by atoms with Gasteiger partial charge in [-0.05, 0) is 42.0 Å². The molecule has 3 aromatic carbocycles. The molecule has 1 amide bonds. The number of rotatable bonds is 5. The number of ketones is 1. The van der Waals surface area contributed by atoms with Crippen LogP contribution in [0.4, 0.5) is 5.69 Å². The van der Waals surface area contributed by atoms with E-state index in [1.54, 1.807) is 18.2 Å². The second-order valence-corrected chi connectivity index (χ2v) is 8.80. The van der Waals surface area contributed by atoms with Crippen LogP contribution in [0.5, 0.6) is 17.2 Å². The first kappa shape index (κ1) is 24.7. The van der Waals surface area contributed by atoms with Crippen LogP contribution in [0.25, 0.3) is 5.76 Å². The van der Waals surface area contributed by atoms with E-state index in [1.165, 1.54) is 55.5 Å². The molecule has 0 bridgehead atoms. The summed E-state index contributed by atoms with van der Waals surface area (Å²) in [6, 6.07) is 12.4. The van der Waals surface area contributed by atoms with E-state index in [2.05, 4.69) is 0 Å². The summed E-state index contributed by atoms with van der Waals surface area (Å²) < 4.78 is 10.6. The molecule has 1 unspecified atom stereocenters. The number of hydrogen-bond acceptors (Lipinski definition) is 6. The number of ether oxygens (including phenoxy) is 2. The van der Waals surface area contributed by atoms with Crippen molar-refractivity contribution in [1.82, 2.24) is 0 Å². The van der Waals surface area contributed by atoms with E-state index in [0.717, 1.165) is 0 Å². The van der Waals surface area contributed by atoms with Gasteiger partial charge in [-0.25, -0.2) is 0 Å². The SMILES string of the molecule is COc1cc(OC)c(/C(O)=C2\C(=O)C(=O)N(c3cccc(Cl)c3)C2c2ccc(O)c(Cl)c2)cc1Cl. The molecule has 0 spiro atoms. The lowest BCUT2D eigenvalue weighted by atomic mass is 9.94. The molecule has 0 aliphatic carbocycles. The first-order chi connectivity index (χ1) is 16.7. The zero-order valence-electron chi connectivity index (χ0n) is 18.4. The van der Waals surface area contributed by atoms with Crippen LogP contribution in [0.1, 0.15) is 17.2 Å². The number of Topliss-reactive ketones (excluding diaryl/α,β-unsaturated/α-hetero) is 1. The minimum Gasteiger partial charge on any atom is -0.507 e. The summed E-state index contributed by atoms with van der Waals surface area (Å²) in [5.41, 5.74) is 0.549. The van der Waals surface area contributed by atoms with E-state index in [-0.39, 0.29) is 32.7 Å². The highest BCUT2D eigenvalue weighted by Crippen LogP contribution is 2.45. The summed E-state index contributed by atoms with van der Waals surface area (Å²) >= 11 is 18.6. The molecular weight excluding hydrogens is 517 g/mol. The monoisotopic (exact) mass is 533 g/mol. The van der Waals surface area contributed by atoms with Gasteiger partial charge in [-0.3, -0.25) is 14.5 Å². The number of aliphatic hydroxyl groups is 1. The summed E-state index contributed by atoms with van der Waals surface area (Å²) in [5.74, 6) is -2.06. The lowest BCUT2D eigenvalue weighted by Gasteiger charge is -2.26. The molecule has 1 heterocycles. The third-order valence-corrected chi connectivity index (χ3v) is 6.38. The second kappa shape index (κ2) is 9.70. The Morgan fingerprint density at radius 3 is 2.26 bits per heavy atom. The van der Waals surface area contributed by atoms with E-state index < -0.39 is 23.5 Å². The average Bonchev–Trinajstić information content (AvgIpc) is 3.10. The summed E-state index contributed by atoms with van der Waals surface area (Å²) in [5, 5.41) is 21.8. The number of methoxy groups -OCH3 is 2. The molecule has 1 aliphatic heterocycles. The van der Waals surface area contributed by atoms with Gasteiger partial charge in [0.2, 0.25) is 0 Å². The van der Waals surface area contributed by atoms with Crippen LogP contribution >= 0.6 is 34.8 Å². The predicted molar refractivity (Wildman–Crippen MR) is 134 cm³/mol. The summed E-state index contributed by atoms with van der Waals surface area (Å²) in [4.78, 5) is 27.8. The molecular formula is C25H18Cl3NO6. The van der Waals surface area contributed by atoms with Gasteiger partial charge in [0, 0.05) is 16.8 Å².